The number of aryl methyl sites for hydroxylation is 1. The van der Waals surface area contributed by atoms with E-state index in [0.717, 1.165) is 67.7 Å². The molecule has 7 heteroatoms. The lowest BCUT2D eigenvalue weighted by molar-refractivity contribution is -0.118. The van der Waals surface area contributed by atoms with Crippen LogP contribution < -0.4 is 0 Å². The van der Waals surface area contributed by atoms with Crippen molar-refractivity contribution in [3.05, 3.63) is 77.4 Å². The van der Waals surface area contributed by atoms with Gasteiger partial charge in [-0.15, -0.1) is 0 Å². The number of pyridine rings is 1. The maximum Gasteiger partial charge on any atom is 0.274 e. The molecule has 7 nitrogen and oxygen atoms in total. The lowest BCUT2D eigenvalue weighted by Gasteiger charge is -2.36. The molecule has 0 spiro atoms. The van der Waals surface area contributed by atoms with Crippen molar-refractivity contribution in [2.75, 3.05) is 26.2 Å². The number of aromatic nitrogens is 3. The highest BCUT2D eigenvalue weighted by atomic mass is 16.2. The topological polar surface area (TPSA) is 71.3 Å². The van der Waals surface area contributed by atoms with Gasteiger partial charge in [0.2, 0.25) is 0 Å². The fraction of sp³-hybridized carbons (Fsp3) is 0.484. The average Bonchev–Trinajstić information content (AvgIpc) is 3.46. The van der Waals surface area contributed by atoms with E-state index in [2.05, 4.69) is 9.88 Å². The van der Waals surface area contributed by atoms with Gasteiger partial charge in [0.25, 0.3) is 5.91 Å². The largest absolute Gasteiger partial charge is 0.337 e. The summed E-state index contributed by atoms with van der Waals surface area (Å²) in [6.07, 6.45) is 12.2. The Bertz CT molecular complexity index is 1250. The van der Waals surface area contributed by atoms with Crippen molar-refractivity contribution in [1.82, 2.24) is 24.6 Å². The third-order valence-electron chi connectivity index (χ3n) is 8.36. The molecule has 3 aromatic rings. The molecule has 4 heterocycles. The number of nitrogens with zero attached hydrogens (tertiary/aromatic N) is 5. The minimum Gasteiger partial charge on any atom is -0.337 e. The molecule has 1 aromatic carbocycles. The molecule has 0 radical (unpaired) electrons. The first kappa shape index (κ1) is 25.0. The summed E-state index contributed by atoms with van der Waals surface area (Å²) < 4.78 is 1.95. The number of hydrogen-bond acceptors (Lipinski definition) is 5. The highest BCUT2D eigenvalue weighted by molar-refractivity contribution is 5.92. The lowest BCUT2D eigenvalue weighted by Crippen LogP contribution is -2.46. The Morgan fingerprint density at radius 1 is 0.895 bits per heavy atom. The minimum absolute atomic E-state index is 0.0568. The molecular formula is C31H37N5O2. The highest BCUT2D eigenvalue weighted by Gasteiger charge is 2.33. The smallest absolute Gasteiger partial charge is 0.274 e. The summed E-state index contributed by atoms with van der Waals surface area (Å²) in [5.74, 6) is 0.751. The molecule has 0 bridgehead atoms. The van der Waals surface area contributed by atoms with Gasteiger partial charge in [0.1, 0.15) is 5.78 Å². The number of carbonyl (C=O) groups excluding carboxylic acids is 2. The molecule has 198 valence electrons. The molecule has 2 aromatic heterocycles. The second-order valence-electron chi connectivity index (χ2n) is 11.2. The van der Waals surface area contributed by atoms with Crippen LogP contribution in [0.1, 0.15) is 78.2 Å². The first-order valence-corrected chi connectivity index (χ1v) is 14.3. The minimum atomic E-state index is 0.0568. The van der Waals surface area contributed by atoms with E-state index in [-0.39, 0.29) is 11.7 Å². The van der Waals surface area contributed by atoms with Gasteiger partial charge in [-0.3, -0.25) is 14.6 Å². The first-order chi connectivity index (χ1) is 18.6. The van der Waals surface area contributed by atoms with E-state index in [1.165, 1.54) is 25.9 Å². The fourth-order valence-corrected chi connectivity index (χ4v) is 5.98. The first-order valence-electron chi connectivity index (χ1n) is 14.3. The Kier molecular flexibility index (Phi) is 7.36. The predicted octanol–water partition coefficient (Wildman–Crippen LogP) is 4.59. The van der Waals surface area contributed by atoms with Crippen LogP contribution in [0.5, 0.6) is 0 Å². The Labute approximate surface area is 224 Å². The monoisotopic (exact) mass is 511 g/mol. The molecule has 3 aliphatic rings. The molecule has 0 unspecified atom stereocenters. The van der Waals surface area contributed by atoms with Crippen LogP contribution in [0.15, 0.2) is 54.9 Å². The van der Waals surface area contributed by atoms with Crippen LogP contribution in [0.2, 0.25) is 0 Å². The Hall–Kier alpha value is -3.32. The quantitative estimate of drug-likeness (QED) is 0.420. The summed E-state index contributed by atoms with van der Waals surface area (Å²) >= 11 is 0. The van der Waals surface area contributed by atoms with E-state index in [0.29, 0.717) is 30.5 Å². The van der Waals surface area contributed by atoms with Crippen molar-refractivity contribution >= 4 is 11.7 Å². The summed E-state index contributed by atoms with van der Waals surface area (Å²) in [7, 11) is 0. The molecule has 2 aliphatic heterocycles. The molecular weight excluding hydrogens is 474 g/mol. The van der Waals surface area contributed by atoms with Crippen LogP contribution in [0.3, 0.4) is 0 Å². The highest BCUT2D eigenvalue weighted by Crippen LogP contribution is 2.41. The maximum absolute atomic E-state index is 13.4. The SMILES string of the molecule is O=C(CCc1cccnc1)Cc1ccc(-n2nc(C(=O)N3CCC(N4CCCC4)CC3)cc2C2CC2)cc1. The van der Waals surface area contributed by atoms with Crippen molar-refractivity contribution in [3.8, 4) is 5.69 Å². The van der Waals surface area contributed by atoms with Crippen LogP contribution in [0, 0.1) is 0 Å². The summed E-state index contributed by atoms with van der Waals surface area (Å²) in [4.78, 5) is 34.7. The van der Waals surface area contributed by atoms with Crippen molar-refractivity contribution in [2.45, 2.75) is 69.7 Å². The zero-order chi connectivity index (χ0) is 25.9. The third-order valence-corrected chi connectivity index (χ3v) is 8.36. The van der Waals surface area contributed by atoms with E-state index in [1.807, 2.05) is 58.2 Å². The van der Waals surface area contributed by atoms with Gasteiger partial charge in [0, 0.05) is 56.0 Å². The van der Waals surface area contributed by atoms with Gasteiger partial charge in [0.05, 0.1) is 5.69 Å². The maximum atomic E-state index is 13.4. The number of ketones is 1. The summed E-state index contributed by atoms with van der Waals surface area (Å²) in [6, 6.07) is 14.6. The molecule has 1 saturated carbocycles. The zero-order valence-electron chi connectivity index (χ0n) is 22.1. The van der Waals surface area contributed by atoms with E-state index >= 15 is 0 Å². The molecule has 0 atom stereocenters. The Balaban J connectivity index is 1.09. The fourth-order valence-electron chi connectivity index (χ4n) is 5.98. The van der Waals surface area contributed by atoms with Crippen LogP contribution in [-0.2, 0) is 17.6 Å². The number of carbonyl (C=O) groups is 2. The van der Waals surface area contributed by atoms with Gasteiger partial charge in [0.15, 0.2) is 5.69 Å². The van der Waals surface area contributed by atoms with Gasteiger partial charge >= 0.3 is 0 Å². The van der Waals surface area contributed by atoms with Gasteiger partial charge in [-0.25, -0.2) is 4.68 Å². The molecule has 1 aliphatic carbocycles. The number of Topliss-reactive ketones (excluding diaryl/α,β-unsaturated/α-hetero) is 1. The van der Waals surface area contributed by atoms with Crippen molar-refractivity contribution in [1.29, 1.82) is 0 Å². The Morgan fingerprint density at radius 3 is 2.34 bits per heavy atom. The average molecular weight is 512 g/mol. The van der Waals surface area contributed by atoms with Crippen LogP contribution >= 0.6 is 0 Å². The number of piperidine rings is 1. The summed E-state index contributed by atoms with van der Waals surface area (Å²) in [6.45, 7) is 4.06. The lowest BCUT2D eigenvalue weighted by atomic mass is 10.0. The molecule has 0 N–H and O–H groups in total. The zero-order valence-corrected chi connectivity index (χ0v) is 22.1. The number of likely N-dealkylation sites (tertiary alicyclic amines) is 2. The molecule has 1 amide bonds. The predicted molar refractivity (Wildman–Crippen MR) is 147 cm³/mol. The van der Waals surface area contributed by atoms with Gasteiger partial charge in [-0.05, 0) is 93.4 Å². The van der Waals surface area contributed by atoms with Crippen LogP contribution in [-0.4, -0.2) is 68.5 Å². The number of hydrogen-bond donors (Lipinski definition) is 0. The molecule has 3 fully saturated rings. The van der Waals surface area contributed by atoms with E-state index in [1.54, 1.807) is 6.20 Å². The van der Waals surface area contributed by atoms with Gasteiger partial charge < -0.3 is 9.80 Å². The normalized spacial score (nSPS) is 18.7. The third kappa shape index (κ3) is 5.73. The molecule has 38 heavy (non-hydrogen) atoms. The van der Waals surface area contributed by atoms with Crippen molar-refractivity contribution in [3.63, 3.8) is 0 Å². The second kappa shape index (κ2) is 11.2. The van der Waals surface area contributed by atoms with Crippen molar-refractivity contribution in [2.24, 2.45) is 0 Å². The van der Waals surface area contributed by atoms with Crippen LogP contribution in [0.25, 0.3) is 5.69 Å². The van der Waals surface area contributed by atoms with Crippen LogP contribution in [0.4, 0.5) is 0 Å². The number of benzene rings is 1. The number of amides is 1. The van der Waals surface area contributed by atoms with E-state index < -0.39 is 0 Å². The molecule has 6 rings (SSSR count). The van der Waals surface area contributed by atoms with Gasteiger partial charge in [-0.2, -0.15) is 5.10 Å². The van der Waals surface area contributed by atoms with E-state index in [4.69, 9.17) is 5.10 Å². The second-order valence-corrected chi connectivity index (χ2v) is 11.2. The van der Waals surface area contributed by atoms with E-state index in [9.17, 15) is 9.59 Å². The molecule has 2 saturated heterocycles. The standard InChI is InChI=1S/C31H37N5O2/c37-28(12-7-24-4-3-15-32-22-24)20-23-5-10-27(11-6-23)36-30(25-8-9-25)21-29(33-36)31(38)35-18-13-26(14-19-35)34-16-1-2-17-34/h3-6,10-11,15,21-22,25-26H,1-2,7-9,12-14,16-20H2. The summed E-state index contributed by atoms with van der Waals surface area (Å²) in [5, 5.41) is 4.81. The van der Waals surface area contributed by atoms with Crippen molar-refractivity contribution < 1.29 is 9.59 Å². The summed E-state index contributed by atoms with van der Waals surface area (Å²) in [5.41, 5.74) is 4.72. The Morgan fingerprint density at radius 2 is 1.66 bits per heavy atom. The number of rotatable bonds is 9. The van der Waals surface area contributed by atoms with Gasteiger partial charge in [-0.1, -0.05) is 18.2 Å².